The summed E-state index contributed by atoms with van der Waals surface area (Å²) in [6.07, 6.45) is 1.85. The van der Waals surface area contributed by atoms with Gasteiger partial charge in [0.25, 0.3) is 5.92 Å². The molecule has 2 aliphatic rings. The first-order valence-corrected chi connectivity index (χ1v) is 6.12. The summed E-state index contributed by atoms with van der Waals surface area (Å²) in [4.78, 5) is 12.9. The Balaban J connectivity index is 1.90. The molecule has 98 valence electrons. The van der Waals surface area contributed by atoms with Crippen molar-refractivity contribution >= 4 is 6.03 Å². The monoisotopic (exact) mass is 247 g/mol. The van der Waals surface area contributed by atoms with Gasteiger partial charge >= 0.3 is 6.03 Å². The van der Waals surface area contributed by atoms with Crippen LogP contribution >= 0.6 is 0 Å². The highest BCUT2D eigenvalue weighted by molar-refractivity contribution is 5.74. The molecular formula is C11H19F2N3O. The number of carbonyl (C=O) groups excluding carboxylic acids is 1. The molecule has 17 heavy (non-hydrogen) atoms. The van der Waals surface area contributed by atoms with Gasteiger partial charge in [0.1, 0.15) is 0 Å². The van der Waals surface area contributed by atoms with E-state index in [4.69, 9.17) is 0 Å². The van der Waals surface area contributed by atoms with E-state index in [2.05, 4.69) is 10.6 Å². The molecule has 0 atom stereocenters. The molecule has 0 unspecified atom stereocenters. The molecule has 0 bridgehead atoms. The van der Waals surface area contributed by atoms with E-state index in [9.17, 15) is 13.6 Å². The Kier molecular flexibility index (Phi) is 3.25. The van der Waals surface area contributed by atoms with E-state index in [0.717, 1.165) is 12.8 Å². The second-order valence-electron chi connectivity index (χ2n) is 5.03. The molecule has 0 saturated carbocycles. The summed E-state index contributed by atoms with van der Waals surface area (Å²) in [5.41, 5.74) is -1.02. The molecule has 1 spiro atoms. The van der Waals surface area contributed by atoms with Crippen molar-refractivity contribution in [3.63, 3.8) is 0 Å². The molecule has 6 heteroatoms. The van der Waals surface area contributed by atoms with Crippen molar-refractivity contribution in [2.45, 2.75) is 25.7 Å². The molecule has 0 aromatic rings. The lowest BCUT2D eigenvalue weighted by atomic mass is 9.78. The third kappa shape index (κ3) is 2.10. The first kappa shape index (κ1) is 12.5. The van der Waals surface area contributed by atoms with Crippen molar-refractivity contribution in [3.05, 3.63) is 0 Å². The van der Waals surface area contributed by atoms with Crippen LogP contribution in [0.4, 0.5) is 13.6 Å². The van der Waals surface area contributed by atoms with Gasteiger partial charge in [0, 0.05) is 26.2 Å². The number of hydrogen-bond acceptors (Lipinski definition) is 2. The number of nitrogens with zero attached hydrogens (tertiary/aromatic N) is 1. The van der Waals surface area contributed by atoms with Gasteiger partial charge in [0.05, 0.1) is 12.0 Å². The standard InChI is InChI=1S/C11H19F2N3O/c1-2-3-4-15-9(17)16-7-10(5-14-6-10)11(12,13)8-16/h14H,2-8H2,1H3,(H,15,17). The Morgan fingerprint density at radius 2 is 2.12 bits per heavy atom. The number of amides is 2. The van der Waals surface area contributed by atoms with Gasteiger partial charge in [0.15, 0.2) is 0 Å². The molecule has 2 aliphatic heterocycles. The fraction of sp³-hybridized carbons (Fsp3) is 0.909. The number of alkyl halides is 2. The number of hydrogen-bond donors (Lipinski definition) is 2. The highest BCUT2D eigenvalue weighted by Gasteiger charge is 2.63. The minimum Gasteiger partial charge on any atom is -0.338 e. The van der Waals surface area contributed by atoms with E-state index in [1.54, 1.807) is 0 Å². The van der Waals surface area contributed by atoms with Crippen molar-refractivity contribution < 1.29 is 13.6 Å². The summed E-state index contributed by atoms with van der Waals surface area (Å²) >= 11 is 0. The van der Waals surface area contributed by atoms with E-state index in [-0.39, 0.29) is 12.6 Å². The van der Waals surface area contributed by atoms with Crippen LogP contribution in [-0.2, 0) is 0 Å². The number of nitrogens with one attached hydrogen (secondary N) is 2. The van der Waals surface area contributed by atoms with Crippen molar-refractivity contribution in [2.75, 3.05) is 32.7 Å². The third-order valence-electron chi connectivity index (χ3n) is 3.68. The van der Waals surface area contributed by atoms with Crippen LogP contribution in [0.15, 0.2) is 0 Å². The van der Waals surface area contributed by atoms with Gasteiger partial charge < -0.3 is 15.5 Å². The molecule has 2 saturated heterocycles. The maximum atomic E-state index is 13.8. The summed E-state index contributed by atoms with van der Waals surface area (Å²) in [5.74, 6) is -2.76. The largest absolute Gasteiger partial charge is 0.338 e. The number of halogens is 2. The summed E-state index contributed by atoms with van der Waals surface area (Å²) < 4.78 is 27.6. The van der Waals surface area contributed by atoms with Crippen molar-refractivity contribution in [1.82, 2.24) is 15.5 Å². The fourth-order valence-corrected chi connectivity index (χ4v) is 2.37. The van der Waals surface area contributed by atoms with E-state index >= 15 is 0 Å². The van der Waals surface area contributed by atoms with Gasteiger partial charge in [-0.15, -0.1) is 0 Å². The summed E-state index contributed by atoms with van der Waals surface area (Å²) in [6.45, 7) is 2.89. The molecule has 2 rings (SSSR count). The molecular weight excluding hydrogens is 228 g/mol. The first-order valence-electron chi connectivity index (χ1n) is 6.12. The van der Waals surface area contributed by atoms with Gasteiger partial charge in [0.2, 0.25) is 0 Å². The second kappa shape index (κ2) is 4.40. The Labute approximate surface area is 99.7 Å². The molecule has 2 fully saturated rings. The molecule has 0 aliphatic carbocycles. The van der Waals surface area contributed by atoms with Gasteiger partial charge in [-0.05, 0) is 6.42 Å². The lowest BCUT2D eigenvalue weighted by molar-refractivity contribution is -0.108. The second-order valence-corrected chi connectivity index (χ2v) is 5.03. The lowest BCUT2D eigenvalue weighted by Crippen LogP contribution is -2.62. The summed E-state index contributed by atoms with van der Waals surface area (Å²) in [7, 11) is 0. The Hall–Kier alpha value is -0.910. The zero-order chi connectivity index (χ0) is 12.5. The van der Waals surface area contributed by atoms with Crippen LogP contribution in [0.5, 0.6) is 0 Å². The fourth-order valence-electron chi connectivity index (χ4n) is 2.37. The topological polar surface area (TPSA) is 44.4 Å². The predicted molar refractivity (Wildman–Crippen MR) is 60.1 cm³/mol. The zero-order valence-electron chi connectivity index (χ0n) is 10.1. The Morgan fingerprint density at radius 3 is 2.59 bits per heavy atom. The highest BCUT2D eigenvalue weighted by atomic mass is 19.3. The minimum absolute atomic E-state index is 0.158. The van der Waals surface area contributed by atoms with Crippen molar-refractivity contribution in [2.24, 2.45) is 5.41 Å². The van der Waals surface area contributed by atoms with Crippen molar-refractivity contribution in [1.29, 1.82) is 0 Å². The van der Waals surface area contributed by atoms with Crippen LogP contribution in [0.25, 0.3) is 0 Å². The SMILES string of the molecule is CCCCNC(=O)N1CC(F)(F)C2(CNC2)C1. The third-order valence-corrected chi connectivity index (χ3v) is 3.68. The summed E-state index contributed by atoms with van der Waals surface area (Å²) in [5, 5.41) is 5.56. The van der Waals surface area contributed by atoms with Crippen LogP contribution in [0.2, 0.25) is 0 Å². The van der Waals surface area contributed by atoms with Crippen LogP contribution < -0.4 is 10.6 Å². The van der Waals surface area contributed by atoms with Crippen LogP contribution in [-0.4, -0.2) is 49.6 Å². The molecule has 2 heterocycles. The first-order chi connectivity index (χ1) is 8.01. The van der Waals surface area contributed by atoms with E-state index in [1.807, 2.05) is 6.92 Å². The maximum absolute atomic E-state index is 13.8. The predicted octanol–water partition coefficient (Wildman–Crippen LogP) is 1.04. The number of carbonyl (C=O) groups is 1. The molecule has 2 N–H and O–H groups in total. The number of unbranched alkanes of at least 4 members (excludes halogenated alkanes) is 1. The van der Waals surface area contributed by atoms with E-state index in [1.165, 1.54) is 4.90 Å². The zero-order valence-corrected chi connectivity index (χ0v) is 10.1. The lowest BCUT2D eigenvalue weighted by Gasteiger charge is -2.42. The van der Waals surface area contributed by atoms with Crippen LogP contribution in [0.1, 0.15) is 19.8 Å². The number of rotatable bonds is 3. The normalized spacial score (nSPS) is 24.8. The highest BCUT2D eigenvalue weighted by Crippen LogP contribution is 2.46. The summed E-state index contributed by atoms with van der Waals surface area (Å²) in [6, 6.07) is -0.359. The maximum Gasteiger partial charge on any atom is 0.317 e. The van der Waals surface area contributed by atoms with E-state index in [0.29, 0.717) is 19.6 Å². The molecule has 4 nitrogen and oxygen atoms in total. The minimum atomic E-state index is -2.76. The van der Waals surface area contributed by atoms with Gasteiger partial charge in [-0.25, -0.2) is 13.6 Å². The smallest absolute Gasteiger partial charge is 0.317 e. The van der Waals surface area contributed by atoms with Crippen LogP contribution in [0.3, 0.4) is 0 Å². The molecule has 0 aromatic carbocycles. The Morgan fingerprint density at radius 1 is 1.41 bits per heavy atom. The molecule has 0 radical (unpaired) electrons. The van der Waals surface area contributed by atoms with E-state index < -0.39 is 17.9 Å². The average molecular weight is 247 g/mol. The quantitative estimate of drug-likeness (QED) is 0.732. The van der Waals surface area contributed by atoms with Crippen LogP contribution in [0, 0.1) is 5.41 Å². The van der Waals surface area contributed by atoms with Crippen molar-refractivity contribution in [3.8, 4) is 0 Å². The molecule has 2 amide bonds. The molecule has 0 aromatic heterocycles. The number of likely N-dealkylation sites (tertiary alicyclic amines) is 1. The van der Waals surface area contributed by atoms with Gasteiger partial charge in [-0.1, -0.05) is 13.3 Å². The number of urea groups is 1. The van der Waals surface area contributed by atoms with Gasteiger partial charge in [-0.2, -0.15) is 0 Å². The Bertz CT molecular complexity index is 305. The average Bonchev–Trinajstić information content (AvgIpc) is 2.50. The van der Waals surface area contributed by atoms with Gasteiger partial charge in [-0.3, -0.25) is 0 Å².